The lowest BCUT2D eigenvalue weighted by Gasteiger charge is -2.31. The van der Waals surface area contributed by atoms with Crippen LogP contribution in [0.25, 0.3) is 0 Å². The van der Waals surface area contributed by atoms with Gasteiger partial charge in [0.1, 0.15) is 0 Å². The lowest BCUT2D eigenvalue weighted by atomic mass is 10.2. The van der Waals surface area contributed by atoms with Crippen molar-refractivity contribution < 1.29 is 31.6 Å². The van der Waals surface area contributed by atoms with Gasteiger partial charge < -0.3 is 14.2 Å². The zero-order chi connectivity index (χ0) is 17.9. The minimum Gasteiger partial charge on any atom is -0.518 e. The van der Waals surface area contributed by atoms with Gasteiger partial charge in [-0.25, -0.2) is 0 Å². The predicted molar refractivity (Wildman–Crippen MR) is 81.3 cm³/mol. The van der Waals surface area contributed by atoms with Crippen LogP contribution >= 0.6 is 0 Å². The standard InChI is InChI=1S/C12H24F3NO4Si2/c1-8(19-21(2,3)4)9(10(17)20-22(5,6)7)16-11(18)12(13,14)15/h8-9H,1-7H3,(H,16,18). The van der Waals surface area contributed by atoms with E-state index in [0.29, 0.717) is 0 Å². The average Bonchev–Trinajstić information content (AvgIpc) is 2.18. The highest BCUT2D eigenvalue weighted by Crippen LogP contribution is 2.18. The Hall–Kier alpha value is -0.876. The van der Waals surface area contributed by atoms with Crippen LogP contribution in [0, 0.1) is 0 Å². The number of halogens is 3. The first kappa shape index (κ1) is 21.1. The van der Waals surface area contributed by atoms with E-state index in [-0.39, 0.29) is 0 Å². The molecule has 0 rings (SSSR count). The minimum absolute atomic E-state index is 0.900. The van der Waals surface area contributed by atoms with Crippen molar-refractivity contribution >= 4 is 28.5 Å². The molecule has 0 spiro atoms. The van der Waals surface area contributed by atoms with E-state index < -0.39 is 46.8 Å². The molecule has 2 unspecified atom stereocenters. The van der Waals surface area contributed by atoms with Crippen LogP contribution in [0.15, 0.2) is 0 Å². The van der Waals surface area contributed by atoms with Gasteiger partial charge in [0, 0.05) is 0 Å². The molecule has 0 aliphatic heterocycles. The van der Waals surface area contributed by atoms with E-state index in [1.54, 1.807) is 25.0 Å². The maximum absolute atomic E-state index is 12.4. The van der Waals surface area contributed by atoms with Crippen LogP contribution in [0.5, 0.6) is 0 Å². The Morgan fingerprint density at radius 3 is 1.77 bits per heavy atom. The summed E-state index contributed by atoms with van der Waals surface area (Å²) in [6, 6.07) is -1.49. The average molecular weight is 359 g/mol. The number of carbonyl (C=O) groups is 2. The molecule has 0 fully saturated rings. The first-order chi connectivity index (χ1) is 9.53. The molecule has 0 saturated heterocycles. The van der Waals surface area contributed by atoms with Crippen LogP contribution in [-0.4, -0.2) is 46.8 Å². The van der Waals surface area contributed by atoms with Crippen molar-refractivity contribution in [1.29, 1.82) is 0 Å². The van der Waals surface area contributed by atoms with Crippen molar-refractivity contribution in [2.75, 3.05) is 0 Å². The Labute approximate surface area is 130 Å². The lowest BCUT2D eigenvalue weighted by molar-refractivity contribution is -0.176. The molecule has 10 heteroatoms. The Morgan fingerprint density at radius 2 is 1.45 bits per heavy atom. The topological polar surface area (TPSA) is 64.6 Å². The van der Waals surface area contributed by atoms with Gasteiger partial charge in [-0.1, -0.05) is 0 Å². The molecular weight excluding hydrogens is 335 g/mol. The van der Waals surface area contributed by atoms with Gasteiger partial charge in [-0.15, -0.1) is 0 Å². The largest absolute Gasteiger partial charge is 0.518 e. The summed E-state index contributed by atoms with van der Waals surface area (Å²) < 4.78 is 48.1. The molecule has 0 bridgehead atoms. The molecule has 0 aromatic carbocycles. The second kappa shape index (κ2) is 7.13. The Bertz CT molecular complexity index is 416. The van der Waals surface area contributed by atoms with Gasteiger partial charge in [0.25, 0.3) is 0 Å². The molecule has 0 aromatic heterocycles. The molecule has 0 aliphatic carbocycles. The summed E-state index contributed by atoms with van der Waals surface area (Å²) in [6.07, 6.45) is -5.99. The van der Waals surface area contributed by atoms with E-state index in [0.717, 1.165) is 0 Å². The third-order valence-corrected chi connectivity index (χ3v) is 4.11. The zero-order valence-electron chi connectivity index (χ0n) is 13.9. The highest BCUT2D eigenvalue weighted by Gasteiger charge is 2.43. The van der Waals surface area contributed by atoms with Crippen molar-refractivity contribution in [2.45, 2.75) is 64.5 Å². The maximum Gasteiger partial charge on any atom is 0.471 e. The molecule has 130 valence electrons. The molecule has 2 atom stereocenters. The van der Waals surface area contributed by atoms with Crippen LogP contribution in [0.1, 0.15) is 6.92 Å². The number of nitrogens with one attached hydrogen (secondary N) is 1. The summed E-state index contributed by atoms with van der Waals surface area (Å²) in [4.78, 5) is 23.3. The minimum atomic E-state index is -5.07. The van der Waals surface area contributed by atoms with Crippen LogP contribution < -0.4 is 5.32 Å². The van der Waals surface area contributed by atoms with Crippen LogP contribution in [0.2, 0.25) is 39.3 Å². The fourth-order valence-corrected chi connectivity index (χ4v) is 3.56. The summed E-state index contributed by atoms with van der Waals surface area (Å²) in [5.74, 6) is -3.08. The molecule has 0 aromatic rings. The Balaban J connectivity index is 5.23. The first-order valence-corrected chi connectivity index (χ1v) is 13.6. The van der Waals surface area contributed by atoms with Gasteiger partial charge in [0.2, 0.25) is 8.32 Å². The van der Waals surface area contributed by atoms with E-state index in [2.05, 4.69) is 0 Å². The molecule has 0 saturated carbocycles. The van der Waals surface area contributed by atoms with E-state index in [4.69, 9.17) is 8.85 Å². The van der Waals surface area contributed by atoms with Crippen molar-refractivity contribution in [3.63, 3.8) is 0 Å². The molecule has 0 heterocycles. The fraction of sp³-hybridized carbons (Fsp3) is 0.833. The Kier molecular flexibility index (Phi) is 6.85. The second-order valence-corrected chi connectivity index (χ2v) is 15.8. The summed E-state index contributed by atoms with van der Waals surface area (Å²) in [5, 5.41) is 1.68. The summed E-state index contributed by atoms with van der Waals surface area (Å²) in [5.41, 5.74) is 0. The molecule has 22 heavy (non-hydrogen) atoms. The number of carbonyl (C=O) groups excluding carboxylic acids is 2. The van der Waals surface area contributed by atoms with E-state index >= 15 is 0 Å². The quantitative estimate of drug-likeness (QED) is 0.741. The molecule has 1 N–H and O–H groups in total. The van der Waals surface area contributed by atoms with Crippen LogP contribution in [0.4, 0.5) is 13.2 Å². The number of rotatable bonds is 6. The van der Waals surface area contributed by atoms with Gasteiger partial charge in [-0.05, 0) is 46.2 Å². The highest BCUT2D eigenvalue weighted by molar-refractivity contribution is 6.71. The van der Waals surface area contributed by atoms with Gasteiger partial charge in [-0.2, -0.15) is 13.2 Å². The molecular formula is C12H24F3NO4Si2. The summed E-state index contributed by atoms with van der Waals surface area (Å²) >= 11 is 0. The number of hydrogen-bond donors (Lipinski definition) is 1. The van der Waals surface area contributed by atoms with Crippen molar-refractivity contribution in [1.82, 2.24) is 5.32 Å². The number of hydrogen-bond acceptors (Lipinski definition) is 4. The summed E-state index contributed by atoms with van der Waals surface area (Å²) in [6.45, 7) is 12.1. The van der Waals surface area contributed by atoms with Crippen molar-refractivity contribution in [2.24, 2.45) is 0 Å². The van der Waals surface area contributed by atoms with E-state index in [9.17, 15) is 22.8 Å². The molecule has 1 amide bonds. The maximum atomic E-state index is 12.4. The zero-order valence-corrected chi connectivity index (χ0v) is 15.9. The molecule has 0 radical (unpaired) electrons. The van der Waals surface area contributed by atoms with Gasteiger partial charge in [0.05, 0.1) is 6.10 Å². The van der Waals surface area contributed by atoms with E-state index in [1.807, 2.05) is 19.6 Å². The van der Waals surface area contributed by atoms with Gasteiger partial charge >= 0.3 is 18.1 Å². The molecule has 5 nitrogen and oxygen atoms in total. The SMILES string of the molecule is CC(O[Si](C)(C)C)C(NC(=O)C(F)(F)F)C(=O)O[Si](C)(C)C. The Morgan fingerprint density at radius 1 is 1.00 bits per heavy atom. The second-order valence-electron chi connectivity index (χ2n) is 6.92. The predicted octanol–water partition coefficient (Wildman–Crippen LogP) is 2.65. The monoisotopic (exact) mass is 359 g/mol. The highest BCUT2D eigenvalue weighted by atomic mass is 28.4. The van der Waals surface area contributed by atoms with Crippen LogP contribution in [0.3, 0.4) is 0 Å². The van der Waals surface area contributed by atoms with E-state index in [1.165, 1.54) is 6.92 Å². The smallest absolute Gasteiger partial charge is 0.471 e. The first-order valence-electron chi connectivity index (χ1n) is 6.81. The van der Waals surface area contributed by atoms with Gasteiger partial charge in [0.15, 0.2) is 14.4 Å². The third-order valence-electron chi connectivity index (χ3n) is 2.21. The summed E-state index contributed by atoms with van der Waals surface area (Å²) in [7, 11) is -4.42. The molecule has 0 aliphatic rings. The normalized spacial score (nSPS) is 15.9. The van der Waals surface area contributed by atoms with Crippen LogP contribution in [-0.2, 0) is 18.4 Å². The number of amides is 1. The van der Waals surface area contributed by atoms with Crippen molar-refractivity contribution in [3.05, 3.63) is 0 Å². The third kappa shape index (κ3) is 8.54. The van der Waals surface area contributed by atoms with Crippen molar-refractivity contribution in [3.8, 4) is 0 Å². The number of alkyl halides is 3. The van der Waals surface area contributed by atoms with Gasteiger partial charge in [-0.3, -0.25) is 9.59 Å². The fourth-order valence-electron chi connectivity index (χ4n) is 1.58. The lowest BCUT2D eigenvalue weighted by Crippen LogP contribution is -2.56.